The van der Waals surface area contributed by atoms with E-state index in [-0.39, 0.29) is 5.41 Å². The van der Waals surface area contributed by atoms with E-state index in [1.807, 2.05) is 36.5 Å². The predicted octanol–water partition coefficient (Wildman–Crippen LogP) is 6.31. The van der Waals surface area contributed by atoms with E-state index >= 15 is 0 Å². The van der Waals surface area contributed by atoms with Crippen molar-refractivity contribution in [3.05, 3.63) is 75.3 Å². The number of rotatable bonds is 2. The lowest BCUT2D eigenvalue weighted by molar-refractivity contribution is 0.242. The second-order valence-electron chi connectivity index (χ2n) is 7.32. The smallest absolute Gasteiger partial charge is 0.0976 e. The predicted molar refractivity (Wildman–Crippen MR) is 110 cm³/mol. The highest BCUT2D eigenvalue weighted by atomic mass is 79.9. The van der Waals surface area contributed by atoms with Crippen molar-refractivity contribution in [3.63, 3.8) is 0 Å². The summed E-state index contributed by atoms with van der Waals surface area (Å²) in [4.78, 5) is 4.84. The van der Waals surface area contributed by atoms with E-state index in [2.05, 4.69) is 40.2 Å². The molecule has 1 saturated carbocycles. The molecule has 2 aromatic rings. The van der Waals surface area contributed by atoms with Gasteiger partial charge in [0.25, 0.3) is 0 Å². The van der Waals surface area contributed by atoms with Gasteiger partial charge in [0, 0.05) is 21.7 Å². The molecule has 2 aromatic carbocycles. The number of hydrogen-bond donors (Lipinski definition) is 0. The molecule has 0 saturated heterocycles. The number of aliphatic imine (C=N–C) groups is 1. The normalized spacial score (nSPS) is 18.8. The Morgan fingerprint density at radius 3 is 2.46 bits per heavy atom. The number of halogens is 1. The summed E-state index contributed by atoms with van der Waals surface area (Å²) in [5.74, 6) is 0. The van der Waals surface area contributed by atoms with Crippen molar-refractivity contribution in [2.24, 2.45) is 10.4 Å². The Morgan fingerprint density at radius 1 is 1.00 bits per heavy atom. The van der Waals surface area contributed by atoms with Crippen molar-refractivity contribution < 1.29 is 0 Å². The van der Waals surface area contributed by atoms with Crippen LogP contribution in [0.2, 0.25) is 0 Å². The van der Waals surface area contributed by atoms with Gasteiger partial charge in [0.1, 0.15) is 0 Å². The van der Waals surface area contributed by atoms with Crippen molar-refractivity contribution in [1.82, 2.24) is 0 Å². The first-order valence-corrected chi connectivity index (χ1v) is 10.0. The molecule has 0 heterocycles. The number of fused-ring (bicyclic) bond motifs is 1. The number of hydrogen-bond acceptors (Lipinski definition) is 2. The third-order valence-electron chi connectivity index (χ3n) is 5.70. The maximum atomic E-state index is 10.1. The van der Waals surface area contributed by atoms with Gasteiger partial charge in [0.05, 0.1) is 17.3 Å². The van der Waals surface area contributed by atoms with Gasteiger partial charge in [-0.05, 0) is 42.5 Å². The van der Waals surface area contributed by atoms with E-state index in [1.165, 1.54) is 24.8 Å². The summed E-state index contributed by atoms with van der Waals surface area (Å²) >= 11 is 3.47. The Kier molecular flexibility index (Phi) is 4.78. The largest absolute Gasteiger partial charge is 0.255 e. The quantitative estimate of drug-likeness (QED) is 0.540. The molecule has 0 bridgehead atoms. The first-order chi connectivity index (χ1) is 12.7. The van der Waals surface area contributed by atoms with Crippen LogP contribution >= 0.6 is 15.9 Å². The maximum Gasteiger partial charge on any atom is 0.0976 e. The molecule has 2 aliphatic rings. The molecule has 2 aliphatic carbocycles. The minimum atomic E-state index is -0.0201. The van der Waals surface area contributed by atoms with Crippen molar-refractivity contribution in [3.8, 4) is 6.07 Å². The van der Waals surface area contributed by atoms with Crippen LogP contribution in [0.15, 0.2) is 63.6 Å². The minimum absolute atomic E-state index is 0.0201. The molecule has 3 heteroatoms. The standard InChI is InChI=1S/C23H21BrN2/c24-19-10-8-17(9-11-19)16-26-22-20-7-3-2-6-18(20)14-23(21(22)15-25)12-4-1-5-13-23/h2-3,6-11,16H,1,4-5,12-14H2. The molecule has 0 aromatic heterocycles. The second-order valence-corrected chi connectivity index (χ2v) is 8.24. The lowest BCUT2D eigenvalue weighted by Gasteiger charge is -2.41. The lowest BCUT2D eigenvalue weighted by atomic mass is 9.62. The second kappa shape index (κ2) is 7.21. The van der Waals surface area contributed by atoms with Gasteiger partial charge in [-0.15, -0.1) is 0 Å². The number of benzene rings is 2. The van der Waals surface area contributed by atoms with Crippen LogP contribution in [0.5, 0.6) is 0 Å². The molecule has 1 spiro atoms. The van der Waals surface area contributed by atoms with Gasteiger partial charge in [-0.3, -0.25) is 4.99 Å². The van der Waals surface area contributed by atoms with Crippen LogP contribution in [0.4, 0.5) is 0 Å². The van der Waals surface area contributed by atoms with Gasteiger partial charge < -0.3 is 0 Å². The average molecular weight is 405 g/mol. The summed E-state index contributed by atoms with van der Waals surface area (Å²) in [6, 6.07) is 19.1. The van der Waals surface area contributed by atoms with E-state index in [4.69, 9.17) is 4.99 Å². The van der Waals surface area contributed by atoms with Crippen LogP contribution in [-0.2, 0) is 6.42 Å². The van der Waals surface area contributed by atoms with Gasteiger partial charge >= 0.3 is 0 Å². The Labute approximate surface area is 163 Å². The van der Waals surface area contributed by atoms with Gasteiger partial charge in [0.15, 0.2) is 0 Å². The molecule has 0 aliphatic heterocycles. The van der Waals surface area contributed by atoms with E-state index in [1.54, 1.807) is 0 Å². The summed E-state index contributed by atoms with van der Waals surface area (Å²) < 4.78 is 1.05. The van der Waals surface area contributed by atoms with E-state index in [0.29, 0.717) is 0 Å². The fraction of sp³-hybridized carbons (Fsp3) is 0.304. The number of nitrogens with zero attached hydrogens (tertiary/aromatic N) is 2. The summed E-state index contributed by atoms with van der Waals surface area (Å²) in [6.07, 6.45) is 8.75. The molecule has 0 unspecified atom stereocenters. The molecular weight excluding hydrogens is 384 g/mol. The Morgan fingerprint density at radius 2 is 1.73 bits per heavy atom. The average Bonchev–Trinajstić information content (AvgIpc) is 2.67. The van der Waals surface area contributed by atoms with Crippen LogP contribution in [0, 0.1) is 16.7 Å². The van der Waals surface area contributed by atoms with Crippen LogP contribution in [0.25, 0.3) is 5.70 Å². The zero-order valence-electron chi connectivity index (χ0n) is 14.7. The molecule has 26 heavy (non-hydrogen) atoms. The summed E-state index contributed by atoms with van der Waals surface area (Å²) in [6.45, 7) is 0. The monoisotopic (exact) mass is 404 g/mol. The molecule has 0 amide bonds. The van der Waals surface area contributed by atoms with Gasteiger partial charge in [0.2, 0.25) is 0 Å². The molecule has 2 nitrogen and oxygen atoms in total. The highest BCUT2D eigenvalue weighted by Gasteiger charge is 2.41. The third kappa shape index (κ3) is 3.15. The van der Waals surface area contributed by atoms with Crippen LogP contribution < -0.4 is 0 Å². The zero-order valence-corrected chi connectivity index (χ0v) is 16.3. The molecule has 0 radical (unpaired) electrons. The molecule has 0 atom stereocenters. The zero-order chi connectivity index (χ0) is 18.0. The van der Waals surface area contributed by atoms with Gasteiger partial charge in [-0.2, -0.15) is 5.26 Å². The van der Waals surface area contributed by atoms with Crippen LogP contribution in [0.1, 0.15) is 48.8 Å². The van der Waals surface area contributed by atoms with E-state index < -0.39 is 0 Å². The Hall–Kier alpha value is -2.18. The maximum absolute atomic E-state index is 10.1. The van der Waals surface area contributed by atoms with E-state index in [9.17, 15) is 5.26 Å². The van der Waals surface area contributed by atoms with Crippen LogP contribution in [0.3, 0.4) is 0 Å². The summed E-state index contributed by atoms with van der Waals surface area (Å²) in [5.41, 5.74) is 5.24. The Bertz CT molecular complexity index is 910. The fourth-order valence-corrected chi connectivity index (χ4v) is 4.66. The molecule has 0 N–H and O–H groups in total. The molecular formula is C23H21BrN2. The SMILES string of the molecule is N#CC1=C(N=Cc2ccc(Br)cc2)c2ccccc2CC12CCCCC2. The lowest BCUT2D eigenvalue weighted by Crippen LogP contribution is -2.32. The van der Waals surface area contributed by atoms with Crippen molar-refractivity contribution >= 4 is 27.8 Å². The highest BCUT2D eigenvalue weighted by Crippen LogP contribution is 2.51. The molecule has 130 valence electrons. The summed E-state index contributed by atoms with van der Waals surface area (Å²) in [5, 5.41) is 10.1. The van der Waals surface area contributed by atoms with Crippen LogP contribution in [-0.4, -0.2) is 6.21 Å². The molecule has 1 fully saturated rings. The molecule has 4 rings (SSSR count). The van der Waals surface area contributed by atoms with Crippen molar-refractivity contribution in [2.45, 2.75) is 38.5 Å². The van der Waals surface area contributed by atoms with E-state index in [0.717, 1.165) is 46.1 Å². The topological polar surface area (TPSA) is 36.1 Å². The third-order valence-corrected chi connectivity index (χ3v) is 6.23. The first kappa shape index (κ1) is 17.2. The fourth-order valence-electron chi connectivity index (χ4n) is 4.39. The number of nitriles is 1. The van der Waals surface area contributed by atoms with Gasteiger partial charge in [-0.25, -0.2) is 0 Å². The highest BCUT2D eigenvalue weighted by molar-refractivity contribution is 9.10. The first-order valence-electron chi connectivity index (χ1n) is 9.25. The minimum Gasteiger partial charge on any atom is -0.255 e. The number of allylic oxidation sites excluding steroid dienone is 1. The Balaban J connectivity index is 1.83. The summed E-state index contributed by atoms with van der Waals surface area (Å²) in [7, 11) is 0. The van der Waals surface area contributed by atoms with Crippen molar-refractivity contribution in [1.29, 1.82) is 5.26 Å². The van der Waals surface area contributed by atoms with Crippen molar-refractivity contribution in [2.75, 3.05) is 0 Å². The van der Waals surface area contributed by atoms with Gasteiger partial charge in [-0.1, -0.05) is 71.6 Å².